The summed E-state index contributed by atoms with van der Waals surface area (Å²) < 4.78 is 18.6. The summed E-state index contributed by atoms with van der Waals surface area (Å²) in [6, 6.07) is 14.0. The van der Waals surface area contributed by atoms with E-state index in [-0.39, 0.29) is 35.9 Å². The van der Waals surface area contributed by atoms with Gasteiger partial charge in [0.2, 0.25) is 11.8 Å². The number of methoxy groups -OCH3 is 1. The Morgan fingerprint density at radius 2 is 1.90 bits per heavy atom. The lowest BCUT2D eigenvalue weighted by molar-refractivity contribution is -0.135. The minimum atomic E-state index is -0.337. The number of carbonyl (C=O) groups excluding carboxylic acids is 2. The average Bonchev–Trinajstić information content (AvgIpc) is 2.99. The van der Waals surface area contributed by atoms with Crippen molar-refractivity contribution in [3.05, 3.63) is 59.9 Å². The molecule has 2 heterocycles. The van der Waals surface area contributed by atoms with Crippen LogP contribution in [0.5, 0.6) is 5.75 Å². The van der Waals surface area contributed by atoms with E-state index in [2.05, 4.69) is 0 Å². The van der Waals surface area contributed by atoms with Crippen LogP contribution in [0.4, 0.5) is 10.1 Å². The first-order valence-corrected chi connectivity index (χ1v) is 10.5. The number of likely N-dealkylation sites (tertiary alicyclic amines) is 1. The van der Waals surface area contributed by atoms with E-state index in [9.17, 15) is 14.0 Å². The van der Waals surface area contributed by atoms with E-state index < -0.39 is 0 Å². The fraction of sp³-hybridized carbons (Fsp3) is 0.417. The number of nitrogens with zero attached hydrogens (tertiary/aromatic N) is 2. The van der Waals surface area contributed by atoms with Gasteiger partial charge in [0.15, 0.2) is 0 Å². The molecule has 5 nitrogen and oxygen atoms in total. The van der Waals surface area contributed by atoms with Crippen LogP contribution >= 0.6 is 0 Å². The van der Waals surface area contributed by atoms with Gasteiger partial charge >= 0.3 is 0 Å². The topological polar surface area (TPSA) is 49.9 Å². The Morgan fingerprint density at radius 3 is 2.67 bits per heavy atom. The van der Waals surface area contributed by atoms with Crippen molar-refractivity contribution in [3.63, 3.8) is 0 Å². The molecule has 6 heteroatoms. The van der Waals surface area contributed by atoms with Crippen molar-refractivity contribution < 1.29 is 18.7 Å². The first-order chi connectivity index (χ1) is 14.5. The van der Waals surface area contributed by atoms with Gasteiger partial charge in [-0.2, -0.15) is 0 Å². The number of hydrogen-bond acceptors (Lipinski definition) is 3. The Bertz CT molecular complexity index is 915. The van der Waals surface area contributed by atoms with Crippen molar-refractivity contribution in [2.45, 2.75) is 31.6 Å². The molecule has 2 fully saturated rings. The zero-order valence-electron chi connectivity index (χ0n) is 17.2. The van der Waals surface area contributed by atoms with Crippen LogP contribution in [0.15, 0.2) is 48.5 Å². The van der Waals surface area contributed by atoms with Crippen LogP contribution in [0.1, 0.15) is 37.2 Å². The summed E-state index contributed by atoms with van der Waals surface area (Å²) in [6.07, 6.45) is 3.19. The number of carbonyl (C=O) groups is 2. The number of anilines is 1. The lowest BCUT2D eigenvalue weighted by Gasteiger charge is -2.27. The second kappa shape index (κ2) is 8.86. The zero-order valence-corrected chi connectivity index (χ0v) is 17.2. The van der Waals surface area contributed by atoms with Gasteiger partial charge in [-0.05, 0) is 42.7 Å². The molecule has 30 heavy (non-hydrogen) atoms. The highest BCUT2D eigenvalue weighted by Crippen LogP contribution is 2.31. The molecule has 2 aromatic carbocycles. The van der Waals surface area contributed by atoms with Crippen LogP contribution in [0.25, 0.3) is 0 Å². The van der Waals surface area contributed by atoms with Gasteiger partial charge < -0.3 is 14.5 Å². The minimum Gasteiger partial charge on any atom is -0.497 e. The standard InChI is InChI=1S/C24H27FN2O3/c1-30-22-7-4-6-21(14-22)27-16-19(13-23(27)28)24(29)26-12-3-2-5-18(15-26)17-8-10-20(25)11-9-17/h4,6-11,14,18-19H,2-3,5,12-13,15-16H2,1H3/t18-,19+/m1/s1. The molecule has 0 bridgehead atoms. The van der Waals surface area contributed by atoms with Crippen LogP contribution < -0.4 is 9.64 Å². The molecule has 2 aromatic rings. The monoisotopic (exact) mass is 410 g/mol. The molecule has 0 aromatic heterocycles. The van der Waals surface area contributed by atoms with E-state index in [0.717, 1.165) is 30.5 Å². The van der Waals surface area contributed by atoms with Gasteiger partial charge in [0.25, 0.3) is 0 Å². The number of benzene rings is 2. The van der Waals surface area contributed by atoms with Crippen LogP contribution in [0, 0.1) is 11.7 Å². The number of halogens is 1. The summed E-state index contributed by atoms with van der Waals surface area (Å²) >= 11 is 0. The lowest BCUT2D eigenvalue weighted by atomic mass is 9.94. The Hall–Kier alpha value is -2.89. The van der Waals surface area contributed by atoms with E-state index in [0.29, 0.717) is 25.4 Å². The van der Waals surface area contributed by atoms with Crippen molar-refractivity contribution in [2.24, 2.45) is 5.92 Å². The van der Waals surface area contributed by atoms with Gasteiger partial charge in [0.05, 0.1) is 13.0 Å². The van der Waals surface area contributed by atoms with E-state index in [1.807, 2.05) is 41.3 Å². The molecular weight excluding hydrogens is 383 g/mol. The van der Waals surface area contributed by atoms with Crippen LogP contribution in [0.2, 0.25) is 0 Å². The molecule has 2 saturated heterocycles. The maximum Gasteiger partial charge on any atom is 0.228 e. The third kappa shape index (κ3) is 4.32. The number of rotatable bonds is 4. The molecule has 0 aliphatic carbocycles. The smallest absolute Gasteiger partial charge is 0.228 e. The number of amides is 2. The van der Waals surface area contributed by atoms with Gasteiger partial charge in [-0.1, -0.05) is 24.6 Å². The molecule has 2 atom stereocenters. The Kier molecular flexibility index (Phi) is 6.02. The predicted octanol–water partition coefficient (Wildman–Crippen LogP) is 3.98. The van der Waals surface area contributed by atoms with Crippen molar-refractivity contribution in [1.82, 2.24) is 4.90 Å². The maximum atomic E-state index is 13.3. The summed E-state index contributed by atoms with van der Waals surface area (Å²) in [5.74, 6) is 0.306. The fourth-order valence-electron chi connectivity index (χ4n) is 4.51. The summed E-state index contributed by atoms with van der Waals surface area (Å²) in [6.45, 7) is 1.72. The van der Waals surface area contributed by atoms with Crippen molar-refractivity contribution in [3.8, 4) is 5.75 Å². The van der Waals surface area contributed by atoms with E-state index in [1.165, 1.54) is 12.1 Å². The minimum absolute atomic E-state index is 0.0356. The second-order valence-electron chi connectivity index (χ2n) is 8.14. The molecule has 0 saturated carbocycles. The zero-order chi connectivity index (χ0) is 21.1. The SMILES string of the molecule is COc1cccc(N2C[C@@H](C(=O)N3CCCC[C@@H](c4ccc(F)cc4)C3)CC2=O)c1. The first-order valence-electron chi connectivity index (χ1n) is 10.5. The summed E-state index contributed by atoms with van der Waals surface area (Å²) in [4.78, 5) is 29.5. The number of hydrogen-bond donors (Lipinski definition) is 0. The summed E-state index contributed by atoms with van der Waals surface area (Å²) in [7, 11) is 1.59. The third-order valence-electron chi connectivity index (χ3n) is 6.16. The van der Waals surface area contributed by atoms with E-state index >= 15 is 0 Å². The Labute approximate surface area is 176 Å². The highest BCUT2D eigenvalue weighted by molar-refractivity contribution is 6.00. The average molecular weight is 410 g/mol. The molecule has 0 N–H and O–H groups in total. The van der Waals surface area contributed by atoms with Crippen molar-refractivity contribution in [1.29, 1.82) is 0 Å². The van der Waals surface area contributed by atoms with Gasteiger partial charge in [-0.3, -0.25) is 9.59 Å². The number of ether oxygens (including phenoxy) is 1. The third-order valence-corrected chi connectivity index (χ3v) is 6.16. The highest BCUT2D eigenvalue weighted by Gasteiger charge is 2.38. The van der Waals surface area contributed by atoms with Crippen molar-refractivity contribution >= 4 is 17.5 Å². The lowest BCUT2D eigenvalue weighted by Crippen LogP contribution is -2.39. The van der Waals surface area contributed by atoms with Gasteiger partial charge in [-0.25, -0.2) is 4.39 Å². The molecule has 4 rings (SSSR count). The van der Waals surface area contributed by atoms with Crippen LogP contribution in [-0.2, 0) is 9.59 Å². The molecule has 0 spiro atoms. The molecule has 0 radical (unpaired) electrons. The molecule has 2 aliphatic heterocycles. The van der Waals surface area contributed by atoms with Crippen LogP contribution in [-0.4, -0.2) is 43.5 Å². The fourth-order valence-corrected chi connectivity index (χ4v) is 4.51. The Morgan fingerprint density at radius 1 is 1.10 bits per heavy atom. The molecule has 2 aliphatic rings. The normalized spacial score (nSPS) is 22.1. The summed E-state index contributed by atoms with van der Waals surface area (Å²) in [5.41, 5.74) is 1.83. The van der Waals surface area contributed by atoms with Gasteiger partial charge in [0, 0.05) is 43.7 Å². The van der Waals surface area contributed by atoms with Crippen molar-refractivity contribution in [2.75, 3.05) is 31.6 Å². The van der Waals surface area contributed by atoms with E-state index in [4.69, 9.17) is 4.74 Å². The predicted molar refractivity (Wildman–Crippen MR) is 113 cm³/mol. The van der Waals surface area contributed by atoms with Gasteiger partial charge in [0.1, 0.15) is 11.6 Å². The van der Waals surface area contributed by atoms with E-state index in [1.54, 1.807) is 12.0 Å². The summed E-state index contributed by atoms with van der Waals surface area (Å²) in [5, 5.41) is 0. The first kappa shape index (κ1) is 20.4. The molecule has 2 amide bonds. The largest absolute Gasteiger partial charge is 0.497 e. The van der Waals surface area contributed by atoms with Crippen LogP contribution in [0.3, 0.4) is 0 Å². The molecule has 0 unspecified atom stereocenters. The molecular formula is C24H27FN2O3. The van der Waals surface area contributed by atoms with Gasteiger partial charge in [-0.15, -0.1) is 0 Å². The second-order valence-corrected chi connectivity index (χ2v) is 8.14. The highest BCUT2D eigenvalue weighted by atomic mass is 19.1. The quantitative estimate of drug-likeness (QED) is 0.766. The Balaban J connectivity index is 1.46. The molecule has 158 valence electrons. The maximum absolute atomic E-state index is 13.3.